The van der Waals surface area contributed by atoms with Gasteiger partial charge in [0.15, 0.2) is 0 Å². The number of aromatic nitrogens is 2. The van der Waals surface area contributed by atoms with Crippen LogP contribution < -0.4 is 4.74 Å². The van der Waals surface area contributed by atoms with Gasteiger partial charge < -0.3 is 4.74 Å². The van der Waals surface area contributed by atoms with Crippen LogP contribution in [0.2, 0.25) is 5.15 Å². The van der Waals surface area contributed by atoms with E-state index < -0.39 is 0 Å². The van der Waals surface area contributed by atoms with Crippen molar-refractivity contribution >= 4 is 11.6 Å². The zero-order chi connectivity index (χ0) is 15.5. The van der Waals surface area contributed by atoms with Crippen molar-refractivity contribution in [3.05, 3.63) is 41.3 Å². The fraction of sp³-hybridized carbons (Fsp3) is 0.412. The van der Waals surface area contributed by atoms with Crippen LogP contribution in [0, 0.1) is 0 Å². The number of rotatable bonds is 4. The standard InChI is InChI=1S/C17H21ClN2O/c1-5-10-21-13-8-6-12(7-9-13)14-11-15(18)20-16(19-14)17(2,3)4/h6-9,11H,5,10H2,1-4H3. The lowest BCUT2D eigenvalue weighted by Crippen LogP contribution is -2.16. The number of halogens is 1. The van der Waals surface area contributed by atoms with E-state index in [-0.39, 0.29) is 5.41 Å². The van der Waals surface area contributed by atoms with Crippen molar-refractivity contribution in [3.8, 4) is 17.0 Å². The van der Waals surface area contributed by atoms with E-state index in [4.69, 9.17) is 16.3 Å². The summed E-state index contributed by atoms with van der Waals surface area (Å²) in [6, 6.07) is 9.69. The molecular weight excluding hydrogens is 284 g/mol. The Morgan fingerprint density at radius 3 is 2.33 bits per heavy atom. The second-order valence-corrected chi connectivity index (χ2v) is 6.41. The SMILES string of the molecule is CCCOc1ccc(-c2cc(Cl)nc(C(C)(C)C)n2)cc1. The lowest BCUT2D eigenvalue weighted by molar-refractivity contribution is 0.317. The smallest absolute Gasteiger partial charge is 0.136 e. The van der Waals surface area contributed by atoms with Gasteiger partial charge in [-0.25, -0.2) is 9.97 Å². The second-order valence-electron chi connectivity index (χ2n) is 6.02. The quantitative estimate of drug-likeness (QED) is 0.755. The Kier molecular flexibility index (Phi) is 4.84. The third kappa shape index (κ3) is 4.18. The Morgan fingerprint density at radius 2 is 1.76 bits per heavy atom. The number of hydrogen-bond donors (Lipinski definition) is 0. The van der Waals surface area contributed by atoms with Crippen molar-refractivity contribution in [2.45, 2.75) is 39.5 Å². The van der Waals surface area contributed by atoms with E-state index in [0.29, 0.717) is 5.15 Å². The highest BCUT2D eigenvalue weighted by Gasteiger charge is 2.19. The molecule has 3 nitrogen and oxygen atoms in total. The molecule has 1 aromatic carbocycles. The van der Waals surface area contributed by atoms with Gasteiger partial charge in [0.1, 0.15) is 16.7 Å². The van der Waals surface area contributed by atoms with Gasteiger partial charge in [-0.3, -0.25) is 0 Å². The van der Waals surface area contributed by atoms with Crippen molar-refractivity contribution in [1.82, 2.24) is 9.97 Å². The Morgan fingerprint density at radius 1 is 1.10 bits per heavy atom. The molecule has 0 radical (unpaired) electrons. The van der Waals surface area contributed by atoms with Crippen molar-refractivity contribution < 1.29 is 4.74 Å². The van der Waals surface area contributed by atoms with Crippen molar-refractivity contribution in [3.63, 3.8) is 0 Å². The molecule has 0 fully saturated rings. The predicted molar refractivity (Wildman–Crippen MR) is 87.0 cm³/mol. The largest absolute Gasteiger partial charge is 0.494 e. The number of benzene rings is 1. The lowest BCUT2D eigenvalue weighted by Gasteiger charge is -2.17. The van der Waals surface area contributed by atoms with Gasteiger partial charge in [0.2, 0.25) is 0 Å². The van der Waals surface area contributed by atoms with E-state index in [9.17, 15) is 0 Å². The van der Waals surface area contributed by atoms with Gasteiger partial charge >= 0.3 is 0 Å². The van der Waals surface area contributed by atoms with Crippen LogP contribution in [0.25, 0.3) is 11.3 Å². The Hall–Kier alpha value is -1.61. The van der Waals surface area contributed by atoms with Crippen LogP contribution in [0.5, 0.6) is 5.75 Å². The van der Waals surface area contributed by atoms with Crippen LogP contribution in [0.15, 0.2) is 30.3 Å². The Bertz CT molecular complexity index is 603. The molecule has 0 aliphatic heterocycles. The molecule has 4 heteroatoms. The third-order valence-electron chi connectivity index (χ3n) is 2.99. The molecule has 0 aliphatic carbocycles. The maximum Gasteiger partial charge on any atom is 0.136 e. The van der Waals surface area contributed by atoms with Gasteiger partial charge in [0.05, 0.1) is 12.3 Å². The fourth-order valence-corrected chi connectivity index (χ4v) is 2.03. The first kappa shape index (κ1) is 15.8. The molecule has 0 bridgehead atoms. The molecule has 0 saturated carbocycles. The minimum absolute atomic E-state index is 0.135. The van der Waals surface area contributed by atoms with Crippen LogP contribution >= 0.6 is 11.6 Å². The highest BCUT2D eigenvalue weighted by atomic mass is 35.5. The molecule has 21 heavy (non-hydrogen) atoms. The predicted octanol–water partition coefficient (Wildman–Crippen LogP) is 4.88. The number of ether oxygens (including phenoxy) is 1. The van der Waals surface area contributed by atoms with E-state index in [1.54, 1.807) is 6.07 Å². The molecule has 1 heterocycles. The molecule has 0 spiro atoms. The second kappa shape index (κ2) is 6.44. The zero-order valence-corrected chi connectivity index (χ0v) is 13.7. The van der Waals surface area contributed by atoms with Gasteiger partial charge in [-0.15, -0.1) is 0 Å². The first-order valence-corrected chi connectivity index (χ1v) is 7.56. The molecule has 0 aliphatic rings. The highest BCUT2D eigenvalue weighted by molar-refractivity contribution is 6.29. The first-order valence-electron chi connectivity index (χ1n) is 7.18. The van der Waals surface area contributed by atoms with Crippen molar-refractivity contribution in [2.24, 2.45) is 0 Å². The molecule has 0 saturated heterocycles. The summed E-state index contributed by atoms with van der Waals surface area (Å²) in [5.41, 5.74) is 1.71. The van der Waals surface area contributed by atoms with Crippen LogP contribution in [0.3, 0.4) is 0 Å². The normalized spacial score (nSPS) is 11.5. The van der Waals surface area contributed by atoms with Gasteiger partial charge in [-0.1, -0.05) is 39.3 Å². The number of nitrogens with zero attached hydrogens (tertiary/aromatic N) is 2. The van der Waals surface area contributed by atoms with E-state index in [1.165, 1.54) is 0 Å². The van der Waals surface area contributed by atoms with Crippen LogP contribution in [0.1, 0.15) is 39.9 Å². The molecule has 2 rings (SSSR count). The van der Waals surface area contributed by atoms with Gasteiger partial charge in [-0.05, 0) is 30.7 Å². The minimum Gasteiger partial charge on any atom is -0.494 e. The minimum atomic E-state index is -0.135. The third-order valence-corrected chi connectivity index (χ3v) is 3.18. The van der Waals surface area contributed by atoms with Gasteiger partial charge in [0, 0.05) is 17.0 Å². The average Bonchev–Trinajstić information content (AvgIpc) is 2.44. The van der Waals surface area contributed by atoms with E-state index >= 15 is 0 Å². The summed E-state index contributed by atoms with van der Waals surface area (Å²) < 4.78 is 5.59. The Labute approximate surface area is 131 Å². The summed E-state index contributed by atoms with van der Waals surface area (Å²) in [7, 11) is 0. The summed E-state index contributed by atoms with van der Waals surface area (Å²) in [5, 5.41) is 0.469. The van der Waals surface area contributed by atoms with Crippen LogP contribution in [-0.4, -0.2) is 16.6 Å². The van der Waals surface area contributed by atoms with Gasteiger partial charge in [-0.2, -0.15) is 0 Å². The Balaban J connectivity index is 2.31. The number of hydrogen-bond acceptors (Lipinski definition) is 3. The van der Waals surface area contributed by atoms with E-state index in [2.05, 4.69) is 37.7 Å². The summed E-state index contributed by atoms with van der Waals surface area (Å²) in [5.74, 6) is 1.62. The fourth-order valence-electron chi connectivity index (χ4n) is 1.84. The molecule has 0 amide bonds. The molecule has 0 N–H and O–H groups in total. The van der Waals surface area contributed by atoms with E-state index in [0.717, 1.165) is 35.9 Å². The monoisotopic (exact) mass is 304 g/mol. The topological polar surface area (TPSA) is 35.0 Å². The lowest BCUT2D eigenvalue weighted by atomic mass is 9.95. The van der Waals surface area contributed by atoms with Crippen LogP contribution in [-0.2, 0) is 5.41 Å². The maximum absolute atomic E-state index is 6.13. The summed E-state index contributed by atoms with van der Waals surface area (Å²) in [6.07, 6.45) is 0.998. The summed E-state index contributed by atoms with van der Waals surface area (Å²) in [4.78, 5) is 8.95. The maximum atomic E-state index is 6.13. The molecule has 0 unspecified atom stereocenters. The van der Waals surface area contributed by atoms with E-state index in [1.807, 2.05) is 24.3 Å². The molecule has 2 aromatic rings. The first-order chi connectivity index (χ1) is 9.90. The van der Waals surface area contributed by atoms with Crippen molar-refractivity contribution in [1.29, 1.82) is 0 Å². The molecule has 1 aromatic heterocycles. The summed E-state index contributed by atoms with van der Waals surface area (Å²) >= 11 is 6.13. The molecule has 0 atom stereocenters. The van der Waals surface area contributed by atoms with Gasteiger partial charge in [0.25, 0.3) is 0 Å². The van der Waals surface area contributed by atoms with Crippen molar-refractivity contribution in [2.75, 3.05) is 6.61 Å². The summed E-state index contributed by atoms with van der Waals surface area (Å²) in [6.45, 7) is 9.04. The highest BCUT2D eigenvalue weighted by Crippen LogP contribution is 2.26. The van der Waals surface area contributed by atoms with Crippen LogP contribution in [0.4, 0.5) is 0 Å². The average molecular weight is 305 g/mol. The molecule has 112 valence electrons. The molecular formula is C17H21ClN2O. The zero-order valence-electron chi connectivity index (χ0n) is 13.0.